The second-order valence-corrected chi connectivity index (χ2v) is 9.29. The molecule has 3 aromatic heterocycles. The third-order valence-corrected chi connectivity index (χ3v) is 6.27. The molecule has 0 saturated carbocycles. The molecule has 11 nitrogen and oxygen atoms in total. The number of aromatic nitrogens is 4. The number of benzene rings is 2. The number of nitrogen functional groups attached to an aromatic ring is 1. The van der Waals surface area contributed by atoms with Gasteiger partial charge in [-0.3, -0.25) is 4.79 Å². The van der Waals surface area contributed by atoms with Crippen LogP contribution in [0.1, 0.15) is 16.2 Å². The predicted octanol–water partition coefficient (Wildman–Crippen LogP) is 2.87. The third kappa shape index (κ3) is 4.23. The highest BCUT2D eigenvalue weighted by atomic mass is 32.2. The van der Waals surface area contributed by atoms with Gasteiger partial charge in [-0.05, 0) is 49.4 Å². The van der Waals surface area contributed by atoms with Crippen molar-refractivity contribution >= 4 is 38.5 Å². The van der Waals surface area contributed by atoms with Gasteiger partial charge in [-0.15, -0.1) is 0 Å². The molecule has 0 spiro atoms. The van der Waals surface area contributed by atoms with E-state index in [2.05, 4.69) is 20.6 Å². The van der Waals surface area contributed by atoms with E-state index in [-0.39, 0.29) is 22.2 Å². The van der Waals surface area contributed by atoms with Crippen LogP contribution in [0.3, 0.4) is 0 Å². The van der Waals surface area contributed by atoms with Crippen LogP contribution in [0.2, 0.25) is 0 Å². The summed E-state index contributed by atoms with van der Waals surface area (Å²) in [5, 5.41) is 16.8. The van der Waals surface area contributed by atoms with Gasteiger partial charge in [0.05, 0.1) is 21.7 Å². The highest BCUT2D eigenvalue weighted by Gasteiger charge is 2.18. The van der Waals surface area contributed by atoms with Crippen molar-refractivity contribution in [2.45, 2.75) is 11.8 Å². The largest absolute Gasteiger partial charge is 0.380 e. The maximum Gasteiger partial charge on any atom is 0.275 e. The number of hydrogen-bond acceptors (Lipinski definition) is 8. The maximum atomic E-state index is 13.1. The zero-order valence-electron chi connectivity index (χ0n) is 18.3. The standard InChI is InChI=1S/C23H19N7O4S/c1-13-10-18(30(28-13)15-7-8-19-17(11-15)22(24)29-34-19)23(31)27-21-9-6-14(12-26-21)16-4-2-3-5-20(16)35(25,32)33/h2-12H,1H3,(H2,24,29)(H2,25,32,33)(H,26,27,31). The molecule has 12 heteroatoms. The third-order valence-electron chi connectivity index (χ3n) is 5.30. The number of primary sulfonamides is 1. The summed E-state index contributed by atoms with van der Waals surface area (Å²) in [6, 6.07) is 16.4. The van der Waals surface area contributed by atoms with E-state index in [0.29, 0.717) is 33.5 Å². The zero-order chi connectivity index (χ0) is 24.7. The van der Waals surface area contributed by atoms with E-state index < -0.39 is 15.9 Å². The molecule has 0 atom stereocenters. The Labute approximate surface area is 199 Å². The Kier molecular flexibility index (Phi) is 5.30. The lowest BCUT2D eigenvalue weighted by Gasteiger charge is -2.10. The molecule has 0 saturated heterocycles. The van der Waals surface area contributed by atoms with Gasteiger partial charge in [-0.25, -0.2) is 23.2 Å². The van der Waals surface area contributed by atoms with Gasteiger partial charge in [-0.1, -0.05) is 23.4 Å². The molecule has 0 bridgehead atoms. The van der Waals surface area contributed by atoms with Gasteiger partial charge in [-0.2, -0.15) is 5.10 Å². The van der Waals surface area contributed by atoms with Crippen molar-refractivity contribution in [2.75, 3.05) is 11.1 Å². The van der Waals surface area contributed by atoms with E-state index in [4.69, 9.17) is 15.4 Å². The van der Waals surface area contributed by atoms with E-state index in [1.54, 1.807) is 61.5 Å². The van der Waals surface area contributed by atoms with Crippen LogP contribution < -0.4 is 16.2 Å². The SMILES string of the molecule is Cc1cc(C(=O)Nc2ccc(-c3ccccc3S(N)(=O)=O)cn2)n(-c2ccc3onc(N)c3c2)n1. The van der Waals surface area contributed by atoms with Crippen LogP contribution >= 0.6 is 0 Å². The fourth-order valence-electron chi connectivity index (χ4n) is 3.70. The monoisotopic (exact) mass is 489 g/mol. The van der Waals surface area contributed by atoms with Gasteiger partial charge in [0.15, 0.2) is 11.4 Å². The number of carbonyl (C=O) groups excluding carboxylic acids is 1. The number of rotatable bonds is 5. The Bertz CT molecular complexity index is 1690. The average Bonchev–Trinajstić information content (AvgIpc) is 3.41. The first kappa shape index (κ1) is 22.3. The lowest BCUT2D eigenvalue weighted by atomic mass is 10.1. The molecular formula is C23H19N7O4S. The summed E-state index contributed by atoms with van der Waals surface area (Å²) in [4.78, 5) is 17.3. The Morgan fingerprint density at radius 3 is 2.63 bits per heavy atom. The first-order valence-corrected chi connectivity index (χ1v) is 11.9. The van der Waals surface area contributed by atoms with Crippen LogP contribution in [-0.4, -0.2) is 34.2 Å². The summed E-state index contributed by atoms with van der Waals surface area (Å²) in [6.45, 7) is 1.77. The van der Waals surface area contributed by atoms with E-state index in [9.17, 15) is 13.2 Å². The lowest BCUT2D eigenvalue weighted by molar-refractivity contribution is 0.101. The minimum Gasteiger partial charge on any atom is -0.380 e. The van der Waals surface area contributed by atoms with Crippen molar-refractivity contribution in [1.29, 1.82) is 0 Å². The Hall–Kier alpha value is -4.55. The fourth-order valence-corrected chi connectivity index (χ4v) is 4.46. The molecule has 1 amide bonds. The van der Waals surface area contributed by atoms with Crippen LogP contribution in [0.5, 0.6) is 0 Å². The number of carbonyl (C=O) groups is 1. The molecule has 176 valence electrons. The quantitative estimate of drug-likeness (QED) is 0.338. The Morgan fingerprint density at radius 2 is 1.89 bits per heavy atom. The van der Waals surface area contributed by atoms with Crippen LogP contribution in [0, 0.1) is 6.92 Å². The number of nitrogens with one attached hydrogen (secondary N) is 1. The fraction of sp³-hybridized carbons (Fsp3) is 0.0435. The minimum absolute atomic E-state index is 0.0107. The lowest BCUT2D eigenvalue weighted by Crippen LogP contribution is -2.17. The minimum atomic E-state index is -3.91. The molecule has 0 aliphatic carbocycles. The molecule has 5 aromatic rings. The van der Waals surface area contributed by atoms with Crippen molar-refractivity contribution < 1.29 is 17.7 Å². The number of hydrogen-bond donors (Lipinski definition) is 3. The smallest absolute Gasteiger partial charge is 0.275 e. The molecule has 2 aromatic carbocycles. The molecular weight excluding hydrogens is 470 g/mol. The van der Waals surface area contributed by atoms with Crippen molar-refractivity contribution in [3.05, 3.63) is 78.2 Å². The molecule has 0 aliphatic rings. The number of sulfonamides is 1. The number of nitrogens with two attached hydrogens (primary N) is 2. The summed E-state index contributed by atoms with van der Waals surface area (Å²) in [5.41, 5.74) is 8.85. The Morgan fingerprint density at radius 1 is 1.09 bits per heavy atom. The summed E-state index contributed by atoms with van der Waals surface area (Å²) < 4.78 is 30.4. The summed E-state index contributed by atoms with van der Waals surface area (Å²) in [6.07, 6.45) is 1.46. The molecule has 35 heavy (non-hydrogen) atoms. The first-order valence-electron chi connectivity index (χ1n) is 10.3. The number of aryl methyl sites for hydroxylation is 1. The highest BCUT2D eigenvalue weighted by Crippen LogP contribution is 2.27. The molecule has 3 heterocycles. The first-order chi connectivity index (χ1) is 16.7. The molecule has 0 unspecified atom stereocenters. The average molecular weight is 490 g/mol. The van der Waals surface area contributed by atoms with Crippen LogP contribution in [-0.2, 0) is 10.0 Å². The van der Waals surface area contributed by atoms with E-state index in [0.717, 1.165) is 0 Å². The van der Waals surface area contributed by atoms with E-state index in [1.807, 2.05) is 0 Å². The van der Waals surface area contributed by atoms with Crippen molar-refractivity contribution in [3.8, 4) is 16.8 Å². The summed E-state index contributed by atoms with van der Waals surface area (Å²) >= 11 is 0. The molecule has 5 N–H and O–H groups in total. The Balaban J connectivity index is 1.43. The maximum absolute atomic E-state index is 13.1. The second kappa shape index (κ2) is 8.34. The van der Waals surface area contributed by atoms with Crippen molar-refractivity contribution in [3.63, 3.8) is 0 Å². The molecule has 0 fully saturated rings. The predicted molar refractivity (Wildman–Crippen MR) is 129 cm³/mol. The molecule has 5 rings (SSSR count). The highest BCUT2D eigenvalue weighted by molar-refractivity contribution is 7.89. The van der Waals surface area contributed by atoms with Crippen molar-refractivity contribution in [2.24, 2.45) is 5.14 Å². The second-order valence-electron chi connectivity index (χ2n) is 7.76. The van der Waals surface area contributed by atoms with Gasteiger partial charge in [0, 0.05) is 17.3 Å². The van der Waals surface area contributed by atoms with Gasteiger partial charge < -0.3 is 15.6 Å². The van der Waals surface area contributed by atoms with Crippen LogP contribution in [0.25, 0.3) is 27.8 Å². The number of anilines is 2. The van der Waals surface area contributed by atoms with Crippen LogP contribution in [0.4, 0.5) is 11.6 Å². The normalized spacial score (nSPS) is 11.6. The van der Waals surface area contributed by atoms with Gasteiger partial charge in [0.2, 0.25) is 10.0 Å². The number of amides is 1. The zero-order valence-corrected chi connectivity index (χ0v) is 19.2. The van der Waals surface area contributed by atoms with Gasteiger partial charge >= 0.3 is 0 Å². The van der Waals surface area contributed by atoms with Gasteiger partial charge in [0.25, 0.3) is 5.91 Å². The number of nitrogens with zero attached hydrogens (tertiary/aromatic N) is 4. The molecule has 0 aliphatic heterocycles. The summed E-state index contributed by atoms with van der Waals surface area (Å²) in [5.74, 6) is 0.0789. The van der Waals surface area contributed by atoms with E-state index >= 15 is 0 Å². The molecule has 0 radical (unpaired) electrons. The number of fused-ring (bicyclic) bond motifs is 1. The number of pyridine rings is 1. The topological polar surface area (TPSA) is 172 Å². The summed E-state index contributed by atoms with van der Waals surface area (Å²) in [7, 11) is -3.91. The van der Waals surface area contributed by atoms with Crippen molar-refractivity contribution in [1.82, 2.24) is 19.9 Å². The van der Waals surface area contributed by atoms with Crippen LogP contribution in [0.15, 0.2) is 76.3 Å². The van der Waals surface area contributed by atoms with Gasteiger partial charge in [0.1, 0.15) is 11.5 Å². The van der Waals surface area contributed by atoms with E-state index in [1.165, 1.54) is 16.9 Å².